The van der Waals surface area contributed by atoms with Crippen LogP contribution in [0.25, 0.3) is 10.8 Å². The van der Waals surface area contributed by atoms with E-state index in [9.17, 15) is 19.1 Å². The van der Waals surface area contributed by atoms with Gasteiger partial charge in [-0.05, 0) is 42.8 Å². The predicted molar refractivity (Wildman–Crippen MR) is 104 cm³/mol. The van der Waals surface area contributed by atoms with Crippen LogP contribution in [0.15, 0.2) is 53.5 Å². The Kier molecular flexibility index (Phi) is 5.58. The summed E-state index contributed by atoms with van der Waals surface area (Å²) in [4.78, 5) is 25.0. The third-order valence-electron chi connectivity index (χ3n) is 4.35. The summed E-state index contributed by atoms with van der Waals surface area (Å²) >= 11 is 5.72. The summed E-state index contributed by atoms with van der Waals surface area (Å²) in [6, 6.07) is 10.5. The number of aliphatic hydroxyl groups is 1. The number of anilines is 1. The van der Waals surface area contributed by atoms with E-state index in [2.05, 4.69) is 5.32 Å². The van der Waals surface area contributed by atoms with Crippen LogP contribution in [-0.2, 0) is 11.2 Å². The van der Waals surface area contributed by atoms with Crippen LogP contribution < -0.4 is 10.9 Å². The zero-order valence-electron chi connectivity index (χ0n) is 14.6. The maximum Gasteiger partial charge on any atom is 0.258 e. The van der Waals surface area contributed by atoms with Crippen LogP contribution in [0, 0.1) is 5.82 Å². The number of nitrogens with one attached hydrogen (secondary N) is 1. The number of carbonyl (C=O) groups excluding carboxylic acids is 1. The van der Waals surface area contributed by atoms with Crippen molar-refractivity contribution < 1.29 is 14.3 Å². The second-order valence-corrected chi connectivity index (χ2v) is 6.72. The molecular weight excluding hydrogens is 371 g/mol. The number of carbonyl (C=O) groups is 1. The van der Waals surface area contributed by atoms with Gasteiger partial charge in [0.2, 0.25) is 5.91 Å². The number of hydrogen-bond donors (Lipinski definition) is 2. The number of pyridine rings is 1. The van der Waals surface area contributed by atoms with Gasteiger partial charge < -0.3 is 15.0 Å². The molecule has 0 saturated heterocycles. The van der Waals surface area contributed by atoms with Gasteiger partial charge in [-0.25, -0.2) is 4.39 Å². The van der Waals surface area contributed by atoms with Crippen LogP contribution >= 0.6 is 11.6 Å². The first-order chi connectivity index (χ1) is 12.9. The molecule has 0 saturated carbocycles. The standard InChI is InChI=1S/C20H18ClFN2O3/c1-12(11-25)24-8-7-15-16(20(24)27)3-2-4-18(15)23-19(26)9-13-5-6-14(21)10-17(13)22/h2-8,10,12,25H,9,11H2,1H3,(H,23,26)/t12-/m1/s1. The van der Waals surface area contributed by atoms with Gasteiger partial charge in [0, 0.05) is 27.7 Å². The molecule has 1 heterocycles. The molecule has 5 nitrogen and oxygen atoms in total. The first-order valence-electron chi connectivity index (χ1n) is 8.39. The van der Waals surface area contributed by atoms with Crippen molar-refractivity contribution in [1.29, 1.82) is 0 Å². The normalized spacial score (nSPS) is 12.1. The third kappa shape index (κ3) is 4.02. The molecule has 140 valence electrons. The minimum Gasteiger partial charge on any atom is -0.394 e. The van der Waals surface area contributed by atoms with Gasteiger partial charge in [-0.15, -0.1) is 0 Å². The minimum atomic E-state index is -0.545. The van der Waals surface area contributed by atoms with E-state index in [1.54, 1.807) is 37.4 Å². The Morgan fingerprint density at radius 1 is 1.26 bits per heavy atom. The number of hydrogen-bond acceptors (Lipinski definition) is 3. The molecule has 0 aliphatic carbocycles. The summed E-state index contributed by atoms with van der Waals surface area (Å²) in [6.45, 7) is 1.58. The molecule has 0 unspecified atom stereocenters. The molecule has 0 bridgehead atoms. The molecule has 3 aromatic rings. The lowest BCUT2D eigenvalue weighted by atomic mass is 10.1. The van der Waals surface area contributed by atoms with Crippen molar-refractivity contribution in [3.8, 4) is 0 Å². The number of fused-ring (bicyclic) bond motifs is 1. The largest absolute Gasteiger partial charge is 0.394 e. The topological polar surface area (TPSA) is 71.3 Å². The molecule has 1 aromatic heterocycles. The number of rotatable bonds is 5. The van der Waals surface area contributed by atoms with E-state index < -0.39 is 11.7 Å². The van der Waals surface area contributed by atoms with Crippen molar-refractivity contribution in [2.45, 2.75) is 19.4 Å². The van der Waals surface area contributed by atoms with E-state index in [1.165, 1.54) is 16.7 Å². The summed E-state index contributed by atoms with van der Waals surface area (Å²) < 4.78 is 15.3. The lowest BCUT2D eigenvalue weighted by Crippen LogP contribution is -2.25. The molecule has 0 aliphatic rings. The van der Waals surface area contributed by atoms with Gasteiger partial charge >= 0.3 is 0 Å². The Balaban J connectivity index is 1.89. The Morgan fingerprint density at radius 2 is 2.04 bits per heavy atom. The molecule has 1 atom stereocenters. The van der Waals surface area contributed by atoms with Gasteiger partial charge in [-0.1, -0.05) is 23.7 Å². The molecule has 1 amide bonds. The number of benzene rings is 2. The molecule has 2 N–H and O–H groups in total. The quantitative estimate of drug-likeness (QED) is 0.702. The third-order valence-corrected chi connectivity index (χ3v) is 4.59. The van der Waals surface area contributed by atoms with Gasteiger partial charge in [0.05, 0.1) is 19.1 Å². The highest BCUT2D eigenvalue weighted by Gasteiger charge is 2.13. The van der Waals surface area contributed by atoms with E-state index in [4.69, 9.17) is 11.6 Å². The maximum absolute atomic E-state index is 13.9. The second-order valence-electron chi connectivity index (χ2n) is 6.29. The molecule has 27 heavy (non-hydrogen) atoms. The SMILES string of the molecule is C[C@H](CO)n1ccc2c(NC(=O)Cc3ccc(Cl)cc3F)cccc2c1=O. The first-order valence-corrected chi connectivity index (χ1v) is 8.77. The fourth-order valence-corrected chi connectivity index (χ4v) is 3.03. The average molecular weight is 389 g/mol. The van der Waals surface area contributed by atoms with Crippen molar-refractivity contribution in [3.63, 3.8) is 0 Å². The lowest BCUT2D eigenvalue weighted by Gasteiger charge is -2.14. The summed E-state index contributed by atoms with van der Waals surface area (Å²) in [5.74, 6) is -0.951. The van der Waals surface area contributed by atoms with Gasteiger partial charge in [0.15, 0.2) is 0 Å². The highest BCUT2D eigenvalue weighted by atomic mass is 35.5. The van der Waals surface area contributed by atoms with E-state index in [-0.39, 0.29) is 35.2 Å². The van der Waals surface area contributed by atoms with Crippen LogP contribution in [0.3, 0.4) is 0 Å². The minimum absolute atomic E-state index is 0.155. The summed E-state index contributed by atoms with van der Waals surface area (Å²) in [7, 11) is 0. The summed E-state index contributed by atoms with van der Waals surface area (Å²) in [5.41, 5.74) is 0.443. The molecule has 0 aliphatic heterocycles. The van der Waals surface area contributed by atoms with Crippen LogP contribution in [-0.4, -0.2) is 22.2 Å². The second kappa shape index (κ2) is 7.90. The van der Waals surface area contributed by atoms with Gasteiger partial charge in [-0.3, -0.25) is 9.59 Å². The van der Waals surface area contributed by atoms with Gasteiger partial charge in [-0.2, -0.15) is 0 Å². The van der Waals surface area contributed by atoms with Crippen molar-refractivity contribution in [3.05, 3.63) is 75.4 Å². The Labute approximate surface area is 160 Å². The van der Waals surface area contributed by atoms with E-state index in [1.807, 2.05) is 0 Å². The van der Waals surface area contributed by atoms with Crippen molar-refractivity contribution in [2.75, 3.05) is 11.9 Å². The number of aromatic nitrogens is 1. The maximum atomic E-state index is 13.9. The Morgan fingerprint density at radius 3 is 2.74 bits per heavy atom. The van der Waals surface area contributed by atoms with Crippen LogP contribution in [0.5, 0.6) is 0 Å². The highest BCUT2D eigenvalue weighted by Crippen LogP contribution is 2.22. The van der Waals surface area contributed by atoms with Crippen LogP contribution in [0.4, 0.5) is 10.1 Å². The smallest absolute Gasteiger partial charge is 0.258 e. The van der Waals surface area contributed by atoms with Crippen molar-refractivity contribution in [2.24, 2.45) is 0 Å². The predicted octanol–water partition coefficient (Wildman–Crippen LogP) is 3.53. The Bertz CT molecular complexity index is 1060. The summed E-state index contributed by atoms with van der Waals surface area (Å²) in [5, 5.41) is 13.3. The Hall–Kier alpha value is -2.70. The molecule has 0 spiro atoms. The fourth-order valence-electron chi connectivity index (χ4n) is 2.87. The molecule has 0 fully saturated rings. The van der Waals surface area contributed by atoms with E-state index in [0.29, 0.717) is 16.5 Å². The highest BCUT2D eigenvalue weighted by molar-refractivity contribution is 6.30. The van der Waals surface area contributed by atoms with Gasteiger partial charge in [0.25, 0.3) is 5.56 Å². The van der Waals surface area contributed by atoms with Crippen molar-refractivity contribution in [1.82, 2.24) is 4.57 Å². The molecule has 0 radical (unpaired) electrons. The molecule has 7 heteroatoms. The van der Waals surface area contributed by atoms with E-state index in [0.717, 1.165) is 6.07 Å². The van der Waals surface area contributed by atoms with Crippen LogP contribution in [0.1, 0.15) is 18.5 Å². The molecule has 2 aromatic carbocycles. The number of nitrogens with zero attached hydrogens (tertiary/aromatic N) is 1. The lowest BCUT2D eigenvalue weighted by molar-refractivity contribution is -0.115. The number of aliphatic hydroxyl groups excluding tert-OH is 1. The van der Waals surface area contributed by atoms with Crippen LogP contribution in [0.2, 0.25) is 5.02 Å². The number of amides is 1. The van der Waals surface area contributed by atoms with Crippen molar-refractivity contribution >= 4 is 34.0 Å². The average Bonchev–Trinajstić information content (AvgIpc) is 2.64. The van der Waals surface area contributed by atoms with E-state index >= 15 is 0 Å². The zero-order valence-corrected chi connectivity index (χ0v) is 15.3. The number of halogens is 2. The van der Waals surface area contributed by atoms with Gasteiger partial charge in [0.1, 0.15) is 5.82 Å². The first kappa shape index (κ1) is 19.1. The monoisotopic (exact) mass is 388 g/mol. The molecular formula is C20H18ClFN2O3. The fraction of sp³-hybridized carbons (Fsp3) is 0.200. The zero-order chi connectivity index (χ0) is 19.6. The molecule has 3 rings (SSSR count). The summed E-state index contributed by atoms with van der Waals surface area (Å²) in [6.07, 6.45) is 1.43.